The average molecular weight is 348 g/mol. The van der Waals surface area contributed by atoms with Gasteiger partial charge < -0.3 is 9.42 Å². The number of aryl methyl sites for hydroxylation is 2. The van der Waals surface area contributed by atoms with Gasteiger partial charge in [-0.1, -0.05) is 5.16 Å². The van der Waals surface area contributed by atoms with Gasteiger partial charge in [0.15, 0.2) is 0 Å². The molecule has 1 aliphatic heterocycles. The first-order chi connectivity index (χ1) is 11.6. The fourth-order valence-electron chi connectivity index (χ4n) is 3.40. The molecule has 24 heavy (non-hydrogen) atoms. The first kappa shape index (κ1) is 17.1. The Hall–Kier alpha value is -1.73. The smallest absolute Gasteiger partial charge is 0.230 e. The van der Waals surface area contributed by atoms with Crippen molar-refractivity contribution in [2.45, 2.75) is 39.7 Å². The maximum Gasteiger partial charge on any atom is 0.230 e. The van der Waals surface area contributed by atoms with Gasteiger partial charge in [0.05, 0.1) is 22.8 Å². The van der Waals surface area contributed by atoms with E-state index in [0.717, 1.165) is 61.9 Å². The van der Waals surface area contributed by atoms with Crippen LogP contribution in [0, 0.1) is 13.8 Å². The molecule has 2 aromatic rings. The normalized spacial score (nSPS) is 17.7. The van der Waals surface area contributed by atoms with Crippen LogP contribution in [0.1, 0.15) is 42.0 Å². The standard InChI is InChI=1S/C17H24N4O2S/c1-12(16-13(2)19-23-14(16)3)17(22)21-6-4-5-20(7-8-21)9-15-10-24-11-18-15/h10-12H,4-9H2,1-3H3/t12-/m0/s1. The monoisotopic (exact) mass is 348 g/mol. The predicted octanol–water partition coefficient (Wildman–Crippen LogP) is 2.59. The van der Waals surface area contributed by atoms with Crippen LogP contribution in [0.5, 0.6) is 0 Å². The maximum atomic E-state index is 12.9. The molecule has 0 unspecified atom stereocenters. The molecule has 1 saturated heterocycles. The zero-order valence-electron chi connectivity index (χ0n) is 14.5. The molecule has 2 aromatic heterocycles. The van der Waals surface area contributed by atoms with Crippen molar-refractivity contribution in [1.82, 2.24) is 19.9 Å². The Balaban J connectivity index is 1.62. The van der Waals surface area contributed by atoms with E-state index in [1.807, 2.05) is 31.2 Å². The Morgan fingerprint density at radius 2 is 2.17 bits per heavy atom. The van der Waals surface area contributed by atoms with E-state index < -0.39 is 0 Å². The second kappa shape index (κ2) is 7.44. The molecule has 1 amide bonds. The molecule has 3 rings (SSSR count). The Bertz CT molecular complexity index is 663. The van der Waals surface area contributed by atoms with E-state index in [0.29, 0.717) is 0 Å². The van der Waals surface area contributed by atoms with Crippen molar-refractivity contribution in [2.24, 2.45) is 0 Å². The number of carbonyl (C=O) groups excluding carboxylic acids is 1. The number of hydrogen-bond donors (Lipinski definition) is 0. The summed E-state index contributed by atoms with van der Waals surface area (Å²) in [4.78, 5) is 21.6. The van der Waals surface area contributed by atoms with Crippen molar-refractivity contribution in [3.63, 3.8) is 0 Å². The lowest BCUT2D eigenvalue weighted by Crippen LogP contribution is -2.37. The third-order valence-electron chi connectivity index (χ3n) is 4.66. The fourth-order valence-corrected chi connectivity index (χ4v) is 3.95. The highest BCUT2D eigenvalue weighted by atomic mass is 32.1. The zero-order valence-corrected chi connectivity index (χ0v) is 15.3. The minimum Gasteiger partial charge on any atom is -0.361 e. The van der Waals surface area contributed by atoms with Gasteiger partial charge in [0, 0.05) is 43.7 Å². The Morgan fingerprint density at radius 1 is 1.33 bits per heavy atom. The van der Waals surface area contributed by atoms with Gasteiger partial charge in [-0.25, -0.2) is 4.98 Å². The number of amides is 1. The summed E-state index contributed by atoms with van der Waals surface area (Å²) < 4.78 is 5.22. The van der Waals surface area contributed by atoms with Crippen LogP contribution in [-0.4, -0.2) is 52.0 Å². The van der Waals surface area contributed by atoms with E-state index in [-0.39, 0.29) is 11.8 Å². The molecule has 6 nitrogen and oxygen atoms in total. The first-order valence-electron chi connectivity index (χ1n) is 8.37. The lowest BCUT2D eigenvalue weighted by atomic mass is 9.98. The van der Waals surface area contributed by atoms with Gasteiger partial charge in [-0.05, 0) is 27.2 Å². The molecule has 0 aliphatic carbocycles. The second-order valence-electron chi connectivity index (χ2n) is 6.39. The van der Waals surface area contributed by atoms with E-state index in [4.69, 9.17) is 4.52 Å². The summed E-state index contributed by atoms with van der Waals surface area (Å²) in [5, 5.41) is 6.07. The molecule has 0 spiro atoms. The summed E-state index contributed by atoms with van der Waals surface area (Å²) in [6.45, 7) is 10.0. The number of carbonyl (C=O) groups is 1. The molecule has 0 radical (unpaired) electrons. The molecule has 7 heteroatoms. The zero-order chi connectivity index (χ0) is 17.1. The molecular formula is C17H24N4O2S. The molecule has 130 valence electrons. The highest BCUT2D eigenvalue weighted by Crippen LogP contribution is 2.25. The second-order valence-corrected chi connectivity index (χ2v) is 7.11. The van der Waals surface area contributed by atoms with Crippen molar-refractivity contribution in [3.05, 3.63) is 33.6 Å². The molecule has 0 bridgehead atoms. The number of aromatic nitrogens is 2. The van der Waals surface area contributed by atoms with Gasteiger partial charge in [0.25, 0.3) is 0 Å². The van der Waals surface area contributed by atoms with Crippen molar-refractivity contribution in [3.8, 4) is 0 Å². The van der Waals surface area contributed by atoms with Gasteiger partial charge in [-0.15, -0.1) is 11.3 Å². The van der Waals surface area contributed by atoms with Crippen LogP contribution in [0.4, 0.5) is 0 Å². The molecule has 0 aromatic carbocycles. The van der Waals surface area contributed by atoms with Crippen LogP contribution >= 0.6 is 11.3 Å². The van der Waals surface area contributed by atoms with E-state index in [9.17, 15) is 4.79 Å². The lowest BCUT2D eigenvalue weighted by molar-refractivity contribution is -0.132. The van der Waals surface area contributed by atoms with Gasteiger partial charge in [-0.2, -0.15) is 0 Å². The Kier molecular flexibility index (Phi) is 5.30. The summed E-state index contributed by atoms with van der Waals surface area (Å²) in [6.07, 6.45) is 0.990. The van der Waals surface area contributed by atoms with Gasteiger partial charge in [0.2, 0.25) is 5.91 Å². The molecule has 1 fully saturated rings. The summed E-state index contributed by atoms with van der Waals surface area (Å²) in [6, 6.07) is 0. The van der Waals surface area contributed by atoms with Crippen LogP contribution in [0.3, 0.4) is 0 Å². The highest BCUT2D eigenvalue weighted by Gasteiger charge is 2.28. The van der Waals surface area contributed by atoms with E-state index in [1.54, 1.807) is 11.3 Å². The number of rotatable bonds is 4. The van der Waals surface area contributed by atoms with Crippen molar-refractivity contribution in [2.75, 3.05) is 26.2 Å². The third kappa shape index (κ3) is 3.67. The van der Waals surface area contributed by atoms with Crippen molar-refractivity contribution < 1.29 is 9.32 Å². The minimum absolute atomic E-state index is 0.167. The van der Waals surface area contributed by atoms with Gasteiger partial charge in [-0.3, -0.25) is 9.69 Å². The SMILES string of the molecule is Cc1noc(C)c1[C@H](C)C(=O)N1CCCN(Cc2cscn2)CC1. The van der Waals surface area contributed by atoms with Crippen LogP contribution in [-0.2, 0) is 11.3 Å². The Labute approximate surface area is 146 Å². The molecule has 3 heterocycles. The van der Waals surface area contributed by atoms with Crippen LogP contribution in [0.25, 0.3) is 0 Å². The van der Waals surface area contributed by atoms with E-state index in [2.05, 4.69) is 20.4 Å². The van der Waals surface area contributed by atoms with Crippen molar-refractivity contribution >= 4 is 17.2 Å². The summed E-state index contributed by atoms with van der Waals surface area (Å²) in [5.74, 6) is 0.703. The van der Waals surface area contributed by atoms with Crippen LogP contribution in [0.15, 0.2) is 15.4 Å². The molecule has 0 saturated carbocycles. The highest BCUT2D eigenvalue weighted by molar-refractivity contribution is 7.07. The van der Waals surface area contributed by atoms with E-state index in [1.165, 1.54) is 0 Å². The predicted molar refractivity (Wildman–Crippen MR) is 93.0 cm³/mol. The largest absolute Gasteiger partial charge is 0.361 e. The van der Waals surface area contributed by atoms with Crippen molar-refractivity contribution in [1.29, 1.82) is 0 Å². The van der Waals surface area contributed by atoms with Crippen LogP contribution < -0.4 is 0 Å². The molecule has 1 atom stereocenters. The van der Waals surface area contributed by atoms with E-state index >= 15 is 0 Å². The quantitative estimate of drug-likeness (QED) is 0.850. The average Bonchev–Trinajstić information content (AvgIpc) is 3.11. The fraction of sp³-hybridized carbons (Fsp3) is 0.588. The number of hydrogen-bond acceptors (Lipinski definition) is 6. The third-order valence-corrected chi connectivity index (χ3v) is 5.30. The number of nitrogens with zero attached hydrogens (tertiary/aromatic N) is 4. The van der Waals surface area contributed by atoms with Gasteiger partial charge >= 0.3 is 0 Å². The molecular weight excluding hydrogens is 324 g/mol. The first-order valence-corrected chi connectivity index (χ1v) is 9.31. The van der Waals surface area contributed by atoms with Crippen LogP contribution in [0.2, 0.25) is 0 Å². The molecule has 0 N–H and O–H groups in total. The molecule has 1 aliphatic rings. The topological polar surface area (TPSA) is 62.5 Å². The number of thiazole rings is 1. The summed E-state index contributed by atoms with van der Waals surface area (Å²) in [5.41, 5.74) is 4.73. The van der Waals surface area contributed by atoms with Gasteiger partial charge in [0.1, 0.15) is 5.76 Å². The lowest BCUT2D eigenvalue weighted by Gasteiger charge is -2.24. The maximum absolute atomic E-state index is 12.9. The summed E-state index contributed by atoms with van der Waals surface area (Å²) >= 11 is 1.63. The Morgan fingerprint density at radius 3 is 2.83 bits per heavy atom. The minimum atomic E-state index is -0.207. The summed E-state index contributed by atoms with van der Waals surface area (Å²) in [7, 11) is 0.